The van der Waals surface area contributed by atoms with E-state index in [1.54, 1.807) is 11.8 Å². The molecule has 1 rings (SSSR count). The summed E-state index contributed by atoms with van der Waals surface area (Å²) < 4.78 is 0. The van der Waals surface area contributed by atoms with Gasteiger partial charge in [0.25, 0.3) is 0 Å². The summed E-state index contributed by atoms with van der Waals surface area (Å²) >= 11 is 1.80. The molecule has 1 unspecified atom stereocenters. The molecule has 0 spiro atoms. The van der Waals surface area contributed by atoms with Crippen molar-refractivity contribution < 1.29 is 15.0 Å². The lowest BCUT2D eigenvalue weighted by Crippen LogP contribution is -2.47. The molecule has 1 aliphatic rings. The third kappa shape index (κ3) is 4.78. The molecule has 0 saturated heterocycles. The summed E-state index contributed by atoms with van der Waals surface area (Å²) in [5.41, 5.74) is -0.711. The number of thioether (sulfide) groups is 1. The maximum absolute atomic E-state index is 10.9. The van der Waals surface area contributed by atoms with Crippen molar-refractivity contribution in [3.63, 3.8) is 0 Å². The number of hydrogen-bond acceptors (Lipinski definition) is 4. The zero-order valence-corrected chi connectivity index (χ0v) is 12.1. The first-order valence-corrected chi connectivity index (χ1v) is 8.07. The summed E-state index contributed by atoms with van der Waals surface area (Å²) in [7, 11) is 0. The molecule has 0 bridgehead atoms. The van der Waals surface area contributed by atoms with Crippen molar-refractivity contribution in [1.82, 2.24) is 5.32 Å². The lowest BCUT2D eigenvalue weighted by Gasteiger charge is -2.36. The fourth-order valence-corrected chi connectivity index (χ4v) is 3.19. The molecule has 1 fully saturated rings. The lowest BCUT2D eigenvalue weighted by atomic mass is 9.78. The Morgan fingerprint density at radius 2 is 2.11 bits per heavy atom. The van der Waals surface area contributed by atoms with E-state index in [9.17, 15) is 9.90 Å². The third-order valence-corrected chi connectivity index (χ3v) is 4.58. The van der Waals surface area contributed by atoms with Crippen LogP contribution in [0, 0.1) is 5.92 Å². The van der Waals surface area contributed by atoms with E-state index in [0.717, 1.165) is 12.2 Å². The van der Waals surface area contributed by atoms with Crippen LogP contribution in [0.25, 0.3) is 0 Å². The van der Waals surface area contributed by atoms with Gasteiger partial charge in [-0.15, -0.1) is 0 Å². The summed E-state index contributed by atoms with van der Waals surface area (Å²) in [6.45, 7) is 2.72. The van der Waals surface area contributed by atoms with Crippen LogP contribution in [0.5, 0.6) is 0 Å². The van der Waals surface area contributed by atoms with Gasteiger partial charge in [0.05, 0.1) is 11.5 Å². The zero-order chi connectivity index (χ0) is 13.6. The van der Waals surface area contributed by atoms with Crippen molar-refractivity contribution >= 4 is 17.7 Å². The van der Waals surface area contributed by atoms with Crippen molar-refractivity contribution in [3.8, 4) is 0 Å². The highest BCUT2D eigenvalue weighted by atomic mass is 32.2. The van der Waals surface area contributed by atoms with Crippen LogP contribution in [0.15, 0.2) is 0 Å². The van der Waals surface area contributed by atoms with Crippen molar-refractivity contribution in [2.45, 2.75) is 50.7 Å². The first kappa shape index (κ1) is 15.8. The molecule has 1 aliphatic carbocycles. The largest absolute Gasteiger partial charge is 0.481 e. The van der Waals surface area contributed by atoms with E-state index < -0.39 is 11.6 Å². The van der Waals surface area contributed by atoms with Gasteiger partial charge in [0.1, 0.15) is 0 Å². The normalized spacial score (nSPS) is 30.1. The van der Waals surface area contributed by atoms with Crippen molar-refractivity contribution in [2.75, 3.05) is 18.6 Å². The van der Waals surface area contributed by atoms with Gasteiger partial charge in [-0.2, -0.15) is 11.8 Å². The van der Waals surface area contributed by atoms with E-state index >= 15 is 0 Å². The molecular formula is C13H25NO3S. The number of aliphatic carboxylic acids is 1. The highest BCUT2D eigenvalue weighted by Gasteiger charge is 2.35. The number of carboxylic acids is 1. The van der Waals surface area contributed by atoms with E-state index in [1.807, 2.05) is 0 Å². The van der Waals surface area contributed by atoms with Gasteiger partial charge in [0.2, 0.25) is 0 Å². The van der Waals surface area contributed by atoms with E-state index in [1.165, 1.54) is 0 Å². The number of carbonyl (C=O) groups is 1. The van der Waals surface area contributed by atoms with Crippen LogP contribution >= 0.6 is 11.8 Å². The maximum Gasteiger partial charge on any atom is 0.306 e. The van der Waals surface area contributed by atoms with E-state index in [-0.39, 0.29) is 5.92 Å². The molecule has 0 aliphatic heterocycles. The Balaban J connectivity index is 2.35. The number of rotatable bonds is 7. The molecule has 1 saturated carbocycles. The van der Waals surface area contributed by atoms with E-state index in [2.05, 4.69) is 18.5 Å². The lowest BCUT2D eigenvalue weighted by molar-refractivity contribution is -0.144. The Bertz CT molecular complexity index is 265. The third-order valence-electron chi connectivity index (χ3n) is 3.85. The number of hydrogen-bond donors (Lipinski definition) is 3. The monoisotopic (exact) mass is 275 g/mol. The molecular weight excluding hydrogens is 250 g/mol. The van der Waals surface area contributed by atoms with Gasteiger partial charge in [-0.3, -0.25) is 4.79 Å². The quantitative estimate of drug-likeness (QED) is 0.660. The van der Waals surface area contributed by atoms with Gasteiger partial charge in [0.15, 0.2) is 0 Å². The van der Waals surface area contributed by atoms with Gasteiger partial charge < -0.3 is 15.5 Å². The van der Waals surface area contributed by atoms with Crippen LogP contribution in [0.1, 0.15) is 39.0 Å². The van der Waals surface area contributed by atoms with Crippen LogP contribution in [-0.4, -0.2) is 46.4 Å². The van der Waals surface area contributed by atoms with Crippen LogP contribution < -0.4 is 5.32 Å². The summed E-state index contributed by atoms with van der Waals surface area (Å²) in [6.07, 6.45) is 5.49. The minimum absolute atomic E-state index is 0.265. The topological polar surface area (TPSA) is 69.6 Å². The Hall–Kier alpha value is -0.260. The first-order chi connectivity index (χ1) is 8.50. The summed E-state index contributed by atoms with van der Waals surface area (Å²) in [4.78, 5) is 10.9. The molecule has 0 aromatic heterocycles. The molecule has 3 N–H and O–H groups in total. The Kier molecular flexibility index (Phi) is 6.46. The minimum Gasteiger partial charge on any atom is -0.481 e. The molecule has 0 heterocycles. The van der Waals surface area contributed by atoms with Gasteiger partial charge in [-0.05, 0) is 38.4 Å². The minimum atomic E-state index is -0.723. The second kappa shape index (κ2) is 7.36. The smallest absolute Gasteiger partial charge is 0.306 e. The average molecular weight is 275 g/mol. The molecule has 4 nitrogen and oxygen atoms in total. The Morgan fingerprint density at radius 1 is 1.50 bits per heavy atom. The van der Waals surface area contributed by atoms with E-state index in [4.69, 9.17) is 5.11 Å². The zero-order valence-electron chi connectivity index (χ0n) is 11.3. The molecule has 0 aromatic carbocycles. The standard InChI is InChI=1S/C13H25NO3S/c1-3-11(8-18-2)14-9-13(17)6-4-10(5-7-13)12(15)16/h10-11,14,17H,3-9H2,1-2H3,(H,15,16). The summed E-state index contributed by atoms with van der Waals surface area (Å²) in [5, 5.41) is 22.8. The Morgan fingerprint density at radius 3 is 2.56 bits per heavy atom. The van der Waals surface area contributed by atoms with Crippen LogP contribution in [0.2, 0.25) is 0 Å². The number of carboxylic acid groups (broad SMARTS) is 1. The fraction of sp³-hybridized carbons (Fsp3) is 0.923. The van der Waals surface area contributed by atoms with Crippen LogP contribution in [0.3, 0.4) is 0 Å². The summed E-state index contributed by atoms with van der Waals surface area (Å²) in [5.74, 6) is 0.0573. The highest BCUT2D eigenvalue weighted by molar-refractivity contribution is 7.98. The molecule has 0 radical (unpaired) electrons. The van der Waals surface area contributed by atoms with Crippen LogP contribution in [0.4, 0.5) is 0 Å². The molecule has 0 aromatic rings. The van der Waals surface area contributed by atoms with Crippen molar-refractivity contribution in [3.05, 3.63) is 0 Å². The predicted octanol–water partition coefficient (Wildman–Crippen LogP) is 1.72. The second-order valence-corrected chi connectivity index (χ2v) is 6.19. The fourth-order valence-electron chi connectivity index (χ4n) is 2.44. The summed E-state index contributed by atoms with van der Waals surface area (Å²) in [6, 6.07) is 0.432. The molecule has 18 heavy (non-hydrogen) atoms. The number of nitrogens with one attached hydrogen (secondary N) is 1. The van der Waals surface area contributed by atoms with Crippen LogP contribution in [-0.2, 0) is 4.79 Å². The van der Waals surface area contributed by atoms with Gasteiger partial charge in [-0.1, -0.05) is 6.92 Å². The maximum atomic E-state index is 10.9. The predicted molar refractivity (Wildman–Crippen MR) is 75.0 cm³/mol. The van der Waals surface area contributed by atoms with Crippen molar-refractivity contribution in [1.29, 1.82) is 0 Å². The Labute approximate surface area is 114 Å². The van der Waals surface area contributed by atoms with Gasteiger partial charge in [-0.25, -0.2) is 0 Å². The SMILES string of the molecule is CCC(CSC)NCC1(O)CCC(C(=O)O)CC1. The molecule has 106 valence electrons. The highest BCUT2D eigenvalue weighted by Crippen LogP contribution is 2.31. The van der Waals surface area contributed by atoms with E-state index in [0.29, 0.717) is 38.3 Å². The van der Waals surface area contributed by atoms with Gasteiger partial charge in [0, 0.05) is 18.3 Å². The molecule has 1 atom stereocenters. The average Bonchev–Trinajstić information content (AvgIpc) is 2.35. The van der Waals surface area contributed by atoms with Gasteiger partial charge >= 0.3 is 5.97 Å². The number of aliphatic hydroxyl groups is 1. The molecule has 0 amide bonds. The first-order valence-electron chi connectivity index (χ1n) is 6.68. The second-order valence-electron chi connectivity index (χ2n) is 5.28. The molecule has 5 heteroatoms. The van der Waals surface area contributed by atoms with Crippen molar-refractivity contribution in [2.24, 2.45) is 5.92 Å².